The van der Waals surface area contributed by atoms with Gasteiger partial charge in [-0.05, 0) is 47.7 Å². The monoisotopic (exact) mass is 500 g/mol. The lowest BCUT2D eigenvalue weighted by atomic mass is 9.77. The third kappa shape index (κ3) is 3.94. The van der Waals surface area contributed by atoms with E-state index in [2.05, 4.69) is 15.4 Å². The molecule has 1 N–H and O–H groups in total. The summed E-state index contributed by atoms with van der Waals surface area (Å²) in [5.41, 5.74) is 1.73. The molecule has 1 aromatic heterocycles. The van der Waals surface area contributed by atoms with E-state index >= 15 is 0 Å². The number of nitrogens with one attached hydrogen (secondary N) is 1. The SMILES string of the molecule is COc1cc([C@H]2CC(=O)C3=C(C2)Nc2ncnn2[C@@H]3c2ccc(C(F)(F)F)cc2)cc(OC)c1OC. The first kappa shape index (κ1) is 23.7. The van der Waals surface area contributed by atoms with Gasteiger partial charge in [0, 0.05) is 17.7 Å². The van der Waals surface area contributed by atoms with Gasteiger partial charge in [0.1, 0.15) is 12.4 Å². The van der Waals surface area contributed by atoms with Crippen LogP contribution in [0.25, 0.3) is 0 Å². The van der Waals surface area contributed by atoms with Gasteiger partial charge in [-0.1, -0.05) is 12.1 Å². The average molecular weight is 500 g/mol. The molecule has 8 nitrogen and oxygen atoms in total. The van der Waals surface area contributed by atoms with Crippen molar-refractivity contribution >= 4 is 11.7 Å². The van der Waals surface area contributed by atoms with E-state index in [1.165, 1.54) is 44.5 Å². The van der Waals surface area contributed by atoms with Crippen molar-refractivity contribution in [3.8, 4) is 17.2 Å². The van der Waals surface area contributed by atoms with Gasteiger partial charge >= 0.3 is 6.18 Å². The Balaban J connectivity index is 1.55. The number of anilines is 1. The van der Waals surface area contributed by atoms with E-state index in [4.69, 9.17) is 14.2 Å². The number of alkyl halides is 3. The molecule has 0 unspecified atom stereocenters. The van der Waals surface area contributed by atoms with Gasteiger partial charge in [-0.2, -0.15) is 23.3 Å². The number of rotatable bonds is 5. The van der Waals surface area contributed by atoms with Crippen LogP contribution in [-0.4, -0.2) is 41.9 Å². The fourth-order valence-corrected chi connectivity index (χ4v) is 4.89. The van der Waals surface area contributed by atoms with Crippen molar-refractivity contribution in [1.29, 1.82) is 0 Å². The number of Topliss-reactive ketones (excluding diaryl/α,β-unsaturated/α-hetero) is 1. The zero-order valence-corrected chi connectivity index (χ0v) is 19.7. The van der Waals surface area contributed by atoms with Crippen molar-refractivity contribution in [3.63, 3.8) is 0 Å². The smallest absolute Gasteiger partial charge is 0.416 e. The van der Waals surface area contributed by atoms with Crippen LogP contribution in [0.3, 0.4) is 0 Å². The molecule has 2 heterocycles. The summed E-state index contributed by atoms with van der Waals surface area (Å²) >= 11 is 0. The molecule has 0 fully saturated rings. The summed E-state index contributed by atoms with van der Waals surface area (Å²) in [5.74, 6) is 1.51. The Morgan fingerprint density at radius 2 is 1.64 bits per heavy atom. The summed E-state index contributed by atoms with van der Waals surface area (Å²) in [6.45, 7) is 0. The van der Waals surface area contributed by atoms with Crippen LogP contribution in [0.4, 0.5) is 19.1 Å². The summed E-state index contributed by atoms with van der Waals surface area (Å²) in [6.07, 6.45) is -2.44. The van der Waals surface area contributed by atoms with E-state index in [0.717, 1.165) is 17.7 Å². The highest BCUT2D eigenvalue weighted by Gasteiger charge is 2.40. The highest BCUT2D eigenvalue weighted by Crippen LogP contribution is 2.47. The molecule has 36 heavy (non-hydrogen) atoms. The lowest BCUT2D eigenvalue weighted by molar-refractivity contribution is -0.137. The van der Waals surface area contributed by atoms with Crippen LogP contribution in [0.15, 0.2) is 54.0 Å². The molecular formula is C25H23F3N4O4. The topological polar surface area (TPSA) is 87.5 Å². The quantitative estimate of drug-likeness (QED) is 0.542. The van der Waals surface area contributed by atoms with Crippen molar-refractivity contribution in [2.45, 2.75) is 31.0 Å². The molecule has 2 atom stereocenters. The first-order chi connectivity index (χ1) is 17.2. The molecule has 0 amide bonds. The molecule has 11 heteroatoms. The minimum absolute atomic E-state index is 0.131. The van der Waals surface area contributed by atoms with Gasteiger partial charge in [-0.3, -0.25) is 4.79 Å². The Kier molecular flexibility index (Phi) is 5.85. The van der Waals surface area contributed by atoms with Crippen LogP contribution in [-0.2, 0) is 11.0 Å². The number of methoxy groups -OCH3 is 3. The van der Waals surface area contributed by atoms with E-state index in [0.29, 0.717) is 46.5 Å². The minimum atomic E-state index is -4.45. The zero-order valence-electron chi connectivity index (χ0n) is 19.7. The number of hydrogen-bond acceptors (Lipinski definition) is 7. The Morgan fingerprint density at radius 3 is 2.22 bits per heavy atom. The number of ether oxygens (including phenoxy) is 3. The van der Waals surface area contributed by atoms with E-state index in [1.54, 1.807) is 0 Å². The van der Waals surface area contributed by atoms with Crippen LogP contribution >= 0.6 is 0 Å². The van der Waals surface area contributed by atoms with Crippen molar-refractivity contribution in [2.24, 2.45) is 0 Å². The second kappa shape index (κ2) is 8.89. The van der Waals surface area contributed by atoms with E-state index in [9.17, 15) is 18.0 Å². The van der Waals surface area contributed by atoms with Crippen molar-refractivity contribution < 1.29 is 32.2 Å². The van der Waals surface area contributed by atoms with Crippen molar-refractivity contribution in [1.82, 2.24) is 14.8 Å². The van der Waals surface area contributed by atoms with Gasteiger partial charge < -0.3 is 19.5 Å². The van der Waals surface area contributed by atoms with E-state index in [-0.39, 0.29) is 18.1 Å². The summed E-state index contributed by atoms with van der Waals surface area (Å²) < 4.78 is 57.2. The third-order valence-corrected chi connectivity index (χ3v) is 6.57. The lowest BCUT2D eigenvalue weighted by Gasteiger charge is -2.35. The fraction of sp³-hybridized carbons (Fsp3) is 0.320. The standard InChI is InChI=1S/C25H23F3N4O4/c1-34-19-10-15(11-20(35-2)23(19)36-3)14-8-17-21(18(33)9-14)22(32-24(31-17)29-12-30-32)13-4-6-16(7-5-13)25(26,27)28/h4-7,10-12,14,22H,8-9H2,1-3H3,(H,29,30,31)/t14-,22-/m1/s1. The molecule has 3 aromatic rings. The van der Waals surface area contributed by atoms with Gasteiger partial charge in [0.25, 0.3) is 0 Å². The molecule has 5 rings (SSSR count). The van der Waals surface area contributed by atoms with Crippen LogP contribution in [0.2, 0.25) is 0 Å². The summed E-state index contributed by atoms with van der Waals surface area (Å²) in [7, 11) is 4.57. The number of aromatic nitrogens is 3. The Hall–Kier alpha value is -4.02. The van der Waals surface area contributed by atoms with Crippen LogP contribution in [0.5, 0.6) is 17.2 Å². The maximum Gasteiger partial charge on any atom is 0.416 e. The van der Waals surface area contributed by atoms with Crippen molar-refractivity contribution in [3.05, 3.63) is 70.7 Å². The molecule has 1 aliphatic heterocycles. The van der Waals surface area contributed by atoms with E-state index in [1.807, 2.05) is 12.1 Å². The number of fused-ring (bicyclic) bond motifs is 1. The molecule has 0 spiro atoms. The normalized spacial score (nSPS) is 19.3. The number of carbonyl (C=O) groups excluding carboxylic acids is 1. The maximum atomic E-state index is 13.6. The Labute approximate surface area is 204 Å². The van der Waals surface area contributed by atoms with Gasteiger partial charge in [0.15, 0.2) is 17.3 Å². The van der Waals surface area contributed by atoms with Crippen molar-refractivity contribution in [2.75, 3.05) is 26.6 Å². The average Bonchev–Trinajstić information content (AvgIpc) is 3.34. The maximum absolute atomic E-state index is 13.6. The molecule has 0 saturated heterocycles. The number of nitrogens with zero attached hydrogens (tertiary/aromatic N) is 3. The van der Waals surface area contributed by atoms with Gasteiger partial charge in [-0.25, -0.2) is 4.68 Å². The molecule has 1 aliphatic carbocycles. The predicted octanol–water partition coefficient (Wildman–Crippen LogP) is 4.74. The molecule has 188 valence electrons. The molecular weight excluding hydrogens is 477 g/mol. The minimum Gasteiger partial charge on any atom is -0.493 e. The van der Waals surface area contributed by atoms with Crippen LogP contribution in [0, 0.1) is 0 Å². The fourth-order valence-electron chi connectivity index (χ4n) is 4.89. The number of benzene rings is 2. The number of hydrogen-bond donors (Lipinski definition) is 1. The summed E-state index contributed by atoms with van der Waals surface area (Å²) in [4.78, 5) is 17.8. The lowest BCUT2D eigenvalue weighted by Crippen LogP contribution is -2.33. The number of halogens is 3. The van der Waals surface area contributed by atoms with Crippen LogP contribution < -0.4 is 19.5 Å². The molecule has 0 bridgehead atoms. The number of allylic oxidation sites excluding steroid dienone is 2. The second-order valence-corrected chi connectivity index (χ2v) is 8.55. The first-order valence-electron chi connectivity index (χ1n) is 11.1. The number of carbonyl (C=O) groups is 1. The molecule has 2 aromatic carbocycles. The zero-order chi connectivity index (χ0) is 25.6. The Bertz CT molecular complexity index is 1320. The second-order valence-electron chi connectivity index (χ2n) is 8.55. The van der Waals surface area contributed by atoms with Gasteiger partial charge in [0.05, 0.1) is 26.9 Å². The predicted molar refractivity (Wildman–Crippen MR) is 123 cm³/mol. The molecule has 0 saturated carbocycles. The third-order valence-electron chi connectivity index (χ3n) is 6.57. The first-order valence-corrected chi connectivity index (χ1v) is 11.1. The highest BCUT2D eigenvalue weighted by atomic mass is 19.4. The highest BCUT2D eigenvalue weighted by molar-refractivity contribution is 6.00. The van der Waals surface area contributed by atoms with E-state index < -0.39 is 17.8 Å². The summed E-state index contributed by atoms with van der Waals surface area (Å²) in [5, 5.41) is 7.45. The largest absolute Gasteiger partial charge is 0.493 e. The van der Waals surface area contributed by atoms with Crippen LogP contribution in [0.1, 0.15) is 41.5 Å². The Morgan fingerprint density at radius 1 is 0.972 bits per heavy atom. The summed E-state index contributed by atoms with van der Waals surface area (Å²) in [6, 6.07) is 7.75. The molecule has 0 radical (unpaired) electrons. The number of ketones is 1. The van der Waals surface area contributed by atoms with Gasteiger partial charge in [-0.15, -0.1) is 0 Å². The van der Waals surface area contributed by atoms with Gasteiger partial charge in [0.2, 0.25) is 11.7 Å². The molecule has 2 aliphatic rings.